The van der Waals surface area contributed by atoms with Crippen molar-refractivity contribution in [1.29, 1.82) is 0 Å². The zero-order valence-corrected chi connectivity index (χ0v) is 11.9. The summed E-state index contributed by atoms with van der Waals surface area (Å²) in [5.41, 5.74) is 1.62. The fourth-order valence-electron chi connectivity index (χ4n) is 3.82. The molecule has 0 heterocycles. The Bertz CT molecular complexity index is 600. The van der Waals surface area contributed by atoms with E-state index in [0.717, 1.165) is 5.56 Å². The van der Waals surface area contributed by atoms with Gasteiger partial charge in [-0.1, -0.05) is 37.3 Å². The molecule has 0 aliphatic heterocycles. The molecule has 0 bridgehead atoms. The Labute approximate surface area is 118 Å². The number of carbonyl (C=O) groups excluding carboxylic acids is 2. The van der Waals surface area contributed by atoms with Crippen molar-refractivity contribution < 1.29 is 14.3 Å². The van der Waals surface area contributed by atoms with Crippen LogP contribution in [-0.4, -0.2) is 18.7 Å². The van der Waals surface area contributed by atoms with Crippen molar-refractivity contribution in [1.82, 2.24) is 0 Å². The first-order valence-corrected chi connectivity index (χ1v) is 6.96. The zero-order valence-electron chi connectivity index (χ0n) is 11.9. The number of ether oxygens (including phenoxy) is 1. The predicted molar refractivity (Wildman–Crippen MR) is 75.1 cm³/mol. The minimum atomic E-state index is -0.251. The third-order valence-corrected chi connectivity index (χ3v) is 4.83. The van der Waals surface area contributed by atoms with Gasteiger partial charge in [0.05, 0.1) is 7.11 Å². The molecule has 0 radical (unpaired) electrons. The smallest absolute Gasteiger partial charge is 0.202 e. The number of benzene rings is 1. The Morgan fingerprint density at radius 1 is 0.950 bits per heavy atom. The van der Waals surface area contributed by atoms with Crippen LogP contribution in [0.3, 0.4) is 0 Å². The van der Waals surface area contributed by atoms with Gasteiger partial charge < -0.3 is 4.74 Å². The van der Waals surface area contributed by atoms with Gasteiger partial charge in [0.2, 0.25) is 5.78 Å². The van der Waals surface area contributed by atoms with Gasteiger partial charge in [0.1, 0.15) is 0 Å². The van der Waals surface area contributed by atoms with Crippen LogP contribution in [0, 0.1) is 17.8 Å². The fourth-order valence-corrected chi connectivity index (χ4v) is 3.82. The number of allylic oxidation sites excluding steroid dienone is 2. The molecule has 104 valence electrons. The van der Waals surface area contributed by atoms with Crippen LogP contribution in [0.15, 0.2) is 41.7 Å². The SMILES string of the molecule is COC1=C(C)C(=O)[C@@H]2[C@H](C)[C@@H](c3ccccc3)[C@@H]2C1=O. The number of hydrogen-bond acceptors (Lipinski definition) is 3. The lowest BCUT2D eigenvalue weighted by Gasteiger charge is -2.51. The molecule has 1 aromatic rings. The van der Waals surface area contributed by atoms with E-state index in [4.69, 9.17) is 4.74 Å². The second kappa shape index (κ2) is 4.58. The van der Waals surface area contributed by atoms with Crippen LogP contribution in [0.1, 0.15) is 25.3 Å². The third-order valence-electron chi connectivity index (χ3n) is 4.83. The average molecular weight is 270 g/mol. The maximum atomic E-state index is 12.6. The number of Topliss-reactive ketones (excluding diaryl/α,β-unsaturated/α-hetero) is 2. The fraction of sp³-hybridized carbons (Fsp3) is 0.412. The maximum absolute atomic E-state index is 12.6. The van der Waals surface area contributed by atoms with Crippen LogP contribution in [-0.2, 0) is 14.3 Å². The number of rotatable bonds is 2. The first-order chi connectivity index (χ1) is 9.57. The van der Waals surface area contributed by atoms with E-state index in [0.29, 0.717) is 5.57 Å². The number of ketones is 2. The highest BCUT2D eigenvalue weighted by Crippen LogP contribution is 2.56. The molecule has 0 spiro atoms. The van der Waals surface area contributed by atoms with Crippen LogP contribution in [0.4, 0.5) is 0 Å². The largest absolute Gasteiger partial charge is 0.493 e. The minimum Gasteiger partial charge on any atom is -0.493 e. The van der Waals surface area contributed by atoms with Gasteiger partial charge in [0.15, 0.2) is 11.5 Å². The minimum absolute atomic E-state index is 0.0125. The molecule has 2 aliphatic carbocycles. The molecule has 3 heteroatoms. The maximum Gasteiger partial charge on any atom is 0.202 e. The monoisotopic (exact) mass is 270 g/mol. The lowest BCUT2D eigenvalue weighted by molar-refractivity contribution is -0.145. The van der Waals surface area contributed by atoms with Crippen molar-refractivity contribution in [3.05, 3.63) is 47.2 Å². The van der Waals surface area contributed by atoms with Crippen LogP contribution in [0.25, 0.3) is 0 Å². The molecule has 0 N–H and O–H groups in total. The second-order valence-electron chi connectivity index (χ2n) is 5.73. The Balaban J connectivity index is 2.02. The first kappa shape index (κ1) is 13.1. The van der Waals surface area contributed by atoms with Crippen molar-refractivity contribution >= 4 is 11.6 Å². The lowest BCUT2D eigenvalue weighted by atomic mass is 9.50. The normalized spacial score (nSPS) is 32.8. The predicted octanol–water partition coefficient (Wildman–Crippen LogP) is 2.72. The third kappa shape index (κ3) is 1.59. The van der Waals surface area contributed by atoms with Crippen molar-refractivity contribution in [3.63, 3.8) is 0 Å². The van der Waals surface area contributed by atoms with Crippen LogP contribution < -0.4 is 0 Å². The quantitative estimate of drug-likeness (QED) is 0.830. The molecule has 1 fully saturated rings. The molecule has 20 heavy (non-hydrogen) atoms. The van der Waals surface area contributed by atoms with Crippen molar-refractivity contribution in [2.75, 3.05) is 7.11 Å². The van der Waals surface area contributed by atoms with Crippen molar-refractivity contribution in [3.8, 4) is 0 Å². The van der Waals surface area contributed by atoms with Gasteiger partial charge in [-0.25, -0.2) is 0 Å². The number of methoxy groups -OCH3 is 1. The number of fused-ring (bicyclic) bond motifs is 1. The molecule has 0 amide bonds. The van der Waals surface area contributed by atoms with Gasteiger partial charge in [0, 0.05) is 17.4 Å². The van der Waals surface area contributed by atoms with E-state index < -0.39 is 0 Å². The Kier molecular flexibility index (Phi) is 3.00. The molecule has 1 saturated carbocycles. The average Bonchev–Trinajstić information content (AvgIpc) is 2.45. The number of hydrogen-bond donors (Lipinski definition) is 0. The van der Waals surface area contributed by atoms with E-state index in [1.54, 1.807) is 6.92 Å². The standard InChI is InChI=1S/C17H18O3/c1-9-12(11-7-5-4-6-8-11)14-13(9)15(18)10(2)17(20-3)16(14)19/h4-9,12-14H,1-3H3/t9-,12+,13-,14+/m1/s1. The summed E-state index contributed by atoms with van der Waals surface area (Å²) in [6, 6.07) is 9.98. The summed E-state index contributed by atoms with van der Waals surface area (Å²) in [5.74, 6) is 0.213. The number of carbonyl (C=O) groups is 2. The van der Waals surface area contributed by atoms with E-state index in [1.165, 1.54) is 7.11 Å². The molecular weight excluding hydrogens is 252 g/mol. The zero-order chi connectivity index (χ0) is 14.4. The van der Waals surface area contributed by atoms with Gasteiger partial charge in [-0.15, -0.1) is 0 Å². The highest BCUT2D eigenvalue weighted by Gasteiger charge is 2.58. The summed E-state index contributed by atoms with van der Waals surface area (Å²) >= 11 is 0. The molecule has 2 aliphatic rings. The van der Waals surface area contributed by atoms with Gasteiger partial charge >= 0.3 is 0 Å². The Hall–Kier alpha value is -1.90. The molecular formula is C17H18O3. The van der Waals surface area contributed by atoms with E-state index >= 15 is 0 Å². The summed E-state index contributed by atoms with van der Waals surface area (Å²) in [4.78, 5) is 25.0. The second-order valence-corrected chi connectivity index (χ2v) is 5.73. The lowest BCUT2D eigenvalue weighted by Crippen LogP contribution is -2.55. The van der Waals surface area contributed by atoms with E-state index in [9.17, 15) is 9.59 Å². The summed E-state index contributed by atoms with van der Waals surface area (Å²) in [6.07, 6.45) is 0. The highest BCUT2D eigenvalue weighted by molar-refractivity contribution is 6.14. The van der Waals surface area contributed by atoms with Crippen molar-refractivity contribution in [2.45, 2.75) is 19.8 Å². The van der Waals surface area contributed by atoms with Crippen LogP contribution in [0.5, 0.6) is 0 Å². The molecule has 4 atom stereocenters. The molecule has 1 aromatic carbocycles. The van der Waals surface area contributed by atoms with E-state index in [-0.39, 0.29) is 41.0 Å². The molecule has 0 aromatic heterocycles. The highest BCUT2D eigenvalue weighted by atomic mass is 16.5. The summed E-state index contributed by atoms with van der Waals surface area (Å²) in [6.45, 7) is 3.76. The van der Waals surface area contributed by atoms with Crippen molar-refractivity contribution in [2.24, 2.45) is 17.8 Å². The van der Waals surface area contributed by atoms with Crippen LogP contribution in [0.2, 0.25) is 0 Å². The van der Waals surface area contributed by atoms with Gasteiger partial charge in [0.25, 0.3) is 0 Å². The summed E-state index contributed by atoms with van der Waals surface area (Å²) < 4.78 is 5.17. The van der Waals surface area contributed by atoms with E-state index in [1.807, 2.05) is 30.3 Å². The molecule has 3 nitrogen and oxygen atoms in total. The Morgan fingerprint density at radius 3 is 2.20 bits per heavy atom. The molecule has 0 saturated heterocycles. The first-order valence-electron chi connectivity index (χ1n) is 6.96. The van der Waals surface area contributed by atoms with Crippen LogP contribution >= 0.6 is 0 Å². The summed E-state index contributed by atoms with van der Waals surface area (Å²) in [5, 5.41) is 0. The summed E-state index contributed by atoms with van der Waals surface area (Å²) in [7, 11) is 1.46. The molecule has 3 rings (SSSR count). The van der Waals surface area contributed by atoms with Gasteiger partial charge in [-0.05, 0) is 24.3 Å². The van der Waals surface area contributed by atoms with Gasteiger partial charge in [-0.2, -0.15) is 0 Å². The van der Waals surface area contributed by atoms with Gasteiger partial charge in [-0.3, -0.25) is 9.59 Å². The van der Waals surface area contributed by atoms with E-state index in [2.05, 4.69) is 6.92 Å². The Morgan fingerprint density at radius 2 is 1.60 bits per heavy atom. The topological polar surface area (TPSA) is 43.4 Å². The molecule has 0 unspecified atom stereocenters.